The van der Waals surface area contributed by atoms with E-state index in [1.54, 1.807) is 6.07 Å². The second-order valence-electron chi connectivity index (χ2n) is 5.36. The lowest BCUT2D eigenvalue weighted by Gasteiger charge is -2.14. The van der Waals surface area contributed by atoms with Gasteiger partial charge in [0.1, 0.15) is 23.9 Å². The number of hydrogen-bond donors (Lipinski definition) is 2. The second kappa shape index (κ2) is 8.69. The number of halogens is 2. The van der Waals surface area contributed by atoms with Gasteiger partial charge < -0.3 is 10.1 Å². The van der Waals surface area contributed by atoms with Gasteiger partial charge in [0, 0.05) is 0 Å². The van der Waals surface area contributed by atoms with Crippen LogP contribution in [0, 0.1) is 11.6 Å². The van der Waals surface area contributed by atoms with E-state index in [0.29, 0.717) is 0 Å². The van der Waals surface area contributed by atoms with Gasteiger partial charge in [-0.2, -0.15) is 4.72 Å². The third-order valence-electron chi connectivity index (χ3n) is 3.35. The van der Waals surface area contributed by atoms with Gasteiger partial charge in [-0.25, -0.2) is 17.2 Å². The number of carbonyl (C=O) groups excluding carboxylic acids is 2. The topological polar surface area (TPSA) is 102 Å². The van der Waals surface area contributed by atoms with E-state index < -0.39 is 51.9 Å². The summed E-state index contributed by atoms with van der Waals surface area (Å²) in [6, 6.07) is 10.4. The number of carbonyl (C=O) groups is 2. The number of para-hydroxylation sites is 1. The summed E-state index contributed by atoms with van der Waals surface area (Å²) in [5.74, 6) is -3.99. The molecule has 0 aliphatic heterocycles. The van der Waals surface area contributed by atoms with Gasteiger partial charge in [0.05, 0.1) is 4.90 Å². The largest absolute Gasteiger partial charge is 0.452 e. The fraction of sp³-hybridized carbons (Fsp3) is 0.176. The minimum Gasteiger partial charge on any atom is -0.452 e. The third-order valence-corrected chi connectivity index (χ3v) is 4.77. The summed E-state index contributed by atoms with van der Waals surface area (Å²) in [6.07, 6.45) is -1.40. The maximum absolute atomic E-state index is 13.5. The Morgan fingerprint density at radius 3 is 2.22 bits per heavy atom. The van der Waals surface area contributed by atoms with Gasteiger partial charge in [0.15, 0.2) is 6.10 Å². The summed E-state index contributed by atoms with van der Waals surface area (Å²) < 4.78 is 57.8. The number of benzene rings is 2. The number of sulfonamides is 1. The zero-order valence-corrected chi connectivity index (χ0v) is 14.9. The highest BCUT2D eigenvalue weighted by Crippen LogP contribution is 2.18. The average molecular weight is 398 g/mol. The van der Waals surface area contributed by atoms with Crippen molar-refractivity contribution in [3.05, 3.63) is 60.2 Å². The molecule has 0 aliphatic rings. The first-order valence-corrected chi connectivity index (χ1v) is 9.18. The minimum absolute atomic E-state index is 0.0429. The number of nitrogens with one attached hydrogen (secondary N) is 2. The van der Waals surface area contributed by atoms with E-state index in [-0.39, 0.29) is 4.90 Å². The zero-order valence-electron chi connectivity index (χ0n) is 14.1. The van der Waals surface area contributed by atoms with Crippen LogP contribution in [-0.2, 0) is 24.3 Å². The van der Waals surface area contributed by atoms with Gasteiger partial charge in [0.2, 0.25) is 10.0 Å². The highest BCUT2D eigenvalue weighted by atomic mass is 32.2. The molecule has 0 aliphatic carbocycles. The second-order valence-corrected chi connectivity index (χ2v) is 7.12. The van der Waals surface area contributed by atoms with E-state index in [2.05, 4.69) is 0 Å². The van der Waals surface area contributed by atoms with Crippen molar-refractivity contribution < 1.29 is 31.5 Å². The van der Waals surface area contributed by atoms with Crippen LogP contribution in [0.2, 0.25) is 0 Å². The van der Waals surface area contributed by atoms with Gasteiger partial charge in [0.25, 0.3) is 5.91 Å². The minimum atomic E-state index is -3.92. The van der Waals surface area contributed by atoms with Crippen molar-refractivity contribution in [2.45, 2.75) is 17.9 Å². The Kier molecular flexibility index (Phi) is 6.59. The molecule has 1 atom stereocenters. The summed E-state index contributed by atoms with van der Waals surface area (Å²) >= 11 is 0. The first-order chi connectivity index (χ1) is 12.7. The maximum atomic E-state index is 13.5. The van der Waals surface area contributed by atoms with Crippen molar-refractivity contribution in [2.24, 2.45) is 0 Å². The van der Waals surface area contributed by atoms with E-state index in [1.165, 1.54) is 31.2 Å². The molecule has 2 rings (SSSR count). The molecule has 0 saturated carbocycles. The van der Waals surface area contributed by atoms with Crippen LogP contribution in [-0.4, -0.2) is 32.9 Å². The molecule has 27 heavy (non-hydrogen) atoms. The van der Waals surface area contributed by atoms with Crippen molar-refractivity contribution in [1.29, 1.82) is 0 Å². The van der Waals surface area contributed by atoms with E-state index in [9.17, 15) is 26.8 Å². The van der Waals surface area contributed by atoms with E-state index in [0.717, 1.165) is 18.2 Å². The van der Waals surface area contributed by atoms with E-state index in [1.807, 2.05) is 10.0 Å². The molecule has 0 aromatic heterocycles. The predicted octanol–water partition coefficient (Wildman–Crippen LogP) is 1.81. The Balaban J connectivity index is 1.90. The van der Waals surface area contributed by atoms with E-state index in [4.69, 9.17) is 4.74 Å². The first kappa shape index (κ1) is 20.5. The van der Waals surface area contributed by atoms with Crippen LogP contribution in [0.4, 0.5) is 14.5 Å². The van der Waals surface area contributed by atoms with Crippen LogP contribution in [0.15, 0.2) is 53.4 Å². The van der Waals surface area contributed by atoms with Crippen molar-refractivity contribution >= 4 is 27.6 Å². The standard InChI is InChI=1S/C17H16F2N2O5S/c1-11(17(23)21-16-13(18)8-5-9-14(16)19)26-15(22)10-20-27(24,25)12-6-3-2-4-7-12/h2-9,11,20H,10H2,1H3,(H,21,23)/t11-/m0/s1. The van der Waals surface area contributed by atoms with Gasteiger partial charge in [-0.15, -0.1) is 0 Å². The van der Waals surface area contributed by atoms with Crippen LogP contribution in [0.25, 0.3) is 0 Å². The van der Waals surface area contributed by atoms with Crippen molar-refractivity contribution in [3.8, 4) is 0 Å². The van der Waals surface area contributed by atoms with Crippen molar-refractivity contribution in [2.75, 3.05) is 11.9 Å². The smallest absolute Gasteiger partial charge is 0.321 e. The van der Waals surface area contributed by atoms with Gasteiger partial charge in [-0.3, -0.25) is 9.59 Å². The molecule has 0 radical (unpaired) electrons. The molecule has 144 valence electrons. The average Bonchev–Trinajstić information content (AvgIpc) is 2.64. The molecule has 0 unspecified atom stereocenters. The third kappa shape index (κ3) is 5.56. The SMILES string of the molecule is C[C@H](OC(=O)CNS(=O)(=O)c1ccccc1)C(=O)Nc1c(F)cccc1F. The quantitative estimate of drug-likeness (QED) is 0.693. The number of ether oxygens (including phenoxy) is 1. The summed E-state index contributed by atoms with van der Waals surface area (Å²) in [5.41, 5.74) is -0.671. The molecule has 1 amide bonds. The molecule has 2 aromatic carbocycles. The Bertz CT molecular complexity index is 915. The Morgan fingerprint density at radius 1 is 1.04 bits per heavy atom. The lowest BCUT2D eigenvalue weighted by atomic mass is 10.2. The van der Waals surface area contributed by atoms with Gasteiger partial charge in [-0.05, 0) is 31.2 Å². The lowest BCUT2D eigenvalue weighted by Crippen LogP contribution is -2.36. The number of anilines is 1. The van der Waals surface area contributed by atoms with E-state index >= 15 is 0 Å². The lowest BCUT2D eigenvalue weighted by molar-refractivity contribution is -0.151. The summed E-state index contributed by atoms with van der Waals surface area (Å²) in [4.78, 5) is 23.6. The number of rotatable bonds is 7. The highest BCUT2D eigenvalue weighted by molar-refractivity contribution is 7.89. The molecular formula is C17H16F2N2O5S. The molecule has 7 nitrogen and oxygen atoms in total. The first-order valence-electron chi connectivity index (χ1n) is 7.70. The molecule has 0 saturated heterocycles. The fourth-order valence-electron chi connectivity index (χ4n) is 1.97. The van der Waals surface area contributed by atoms with Crippen LogP contribution in [0.3, 0.4) is 0 Å². The monoisotopic (exact) mass is 398 g/mol. The normalized spacial score (nSPS) is 12.3. The summed E-state index contributed by atoms with van der Waals surface area (Å²) in [5, 5.41) is 1.98. The Labute approximate surface area is 154 Å². The van der Waals surface area contributed by atoms with Crippen molar-refractivity contribution in [3.63, 3.8) is 0 Å². The maximum Gasteiger partial charge on any atom is 0.321 e. The molecular weight excluding hydrogens is 382 g/mol. The van der Waals surface area contributed by atoms with Gasteiger partial charge >= 0.3 is 5.97 Å². The Morgan fingerprint density at radius 2 is 1.63 bits per heavy atom. The number of hydrogen-bond acceptors (Lipinski definition) is 5. The van der Waals surface area contributed by atoms with Crippen LogP contribution < -0.4 is 10.0 Å². The predicted molar refractivity (Wildman–Crippen MR) is 92.2 cm³/mol. The zero-order chi connectivity index (χ0) is 20.0. The van der Waals surface area contributed by atoms with Crippen LogP contribution in [0.1, 0.15) is 6.92 Å². The summed E-state index contributed by atoms with van der Waals surface area (Å²) in [7, 11) is -3.92. The number of esters is 1. The highest BCUT2D eigenvalue weighted by Gasteiger charge is 2.22. The summed E-state index contributed by atoms with van der Waals surface area (Å²) in [6.45, 7) is 0.459. The molecule has 0 bridgehead atoms. The molecule has 0 heterocycles. The van der Waals surface area contributed by atoms with Gasteiger partial charge in [-0.1, -0.05) is 24.3 Å². The molecule has 0 fully saturated rings. The van der Waals surface area contributed by atoms with Crippen molar-refractivity contribution in [1.82, 2.24) is 4.72 Å². The Hall–Kier alpha value is -2.85. The molecule has 0 spiro atoms. The molecule has 2 N–H and O–H groups in total. The molecule has 2 aromatic rings. The van der Waals surface area contributed by atoms with Crippen LogP contribution >= 0.6 is 0 Å². The fourth-order valence-corrected chi connectivity index (χ4v) is 2.96. The number of amides is 1. The molecule has 10 heteroatoms. The van der Waals surface area contributed by atoms with Crippen LogP contribution in [0.5, 0.6) is 0 Å².